The zero-order valence-electron chi connectivity index (χ0n) is 6.80. The van der Waals surface area contributed by atoms with E-state index in [9.17, 15) is 22.0 Å². The Morgan fingerprint density at radius 3 is 2.40 bits per heavy atom. The second-order valence-corrected chi connectivity index (χ2v) is 5.82. The van der Waals surface area contributed by atoms with Crippen molar-refractivity contribution in [2.45, 2.75) is 11.3 Å². The van der Waals surface area contributed by atoms with Gasteiger partial charge in [0.25, 0.3) is 15.5 Å². The maximum absolute atomic E-state index is 12.4. The van der Waals surface area contributed by atoms with Gasteiger partial charge in [-0.2, -0.15) is 0 Å². The zero-order chi connectivity index (χ0) is 11.8. The molecule has 0 aliphatic rings. The van der Waals surface area contributed by atoms with E-state index in [1.165, 1.54) is 0 Å². The lowest BCUT2D eigenvalue weighted by molar-refractivity contribution is 0.142. The molecule has 0 saturated carbocycles. The average molecular weight is 323 g/mol. The fourth-order valence-electron chi connectivity index (χ4n) is 0.940. The number of aromatic amines is 1. The van der Waals surface area contributed by atoms with Crippen LogP contribution in [0.4, 0.5) is 8.78 Å². The van der Waals surface area contributed by atoms with Crippen molar-refractivity contribution in [1.82, 2.24) is 4.98 Å². The van der Waals surface area contributed by atoms with Crippen molar-refractivity contribution in [3.63, 3.8) is 0 Å². The molecule has 84 valence electrons. The van der Waals surface area contributed by atoms with E-state index in [1.807, 2.05) is 4.98 Å². The smallest absolute Gasteiger partial charge is 0.279 e. The fourth-order valence-corrected chi connectivity index (χ4v) is 2.54. The number of hydrogen-bond donors (Lipinski definition) is 1. The second-order valence-electron chi connectivity index (χ2n) is 2.46. The van der Waals surface area contributed by atoms with Crippen LogP contribution in [0.25, 0.3) is 0 Å². The summed E-state index contributed by atoms with van der Waals surface area (Å²) in [7, 11) is 0.371. The van der Waals surface area contributed by atoms with E-state index in [0.717, 1.165) is 6.07 Å². The fraction of sp³-hybridized carbons (Fsp3) is 0.167. The highest BCUT2D eigenvalue weighted by Gasteiger charge is 2.26. The summed E-state index contributed by atoms with van der Waals surface area (Å²) in [5, 5.41) is 0. The molecule has 0 bridgehead atoms. The Labute approximate surface area is 95.8 Å². The molecule has 1 heterocycles. The van der Waals surface area contributed by atoms with E-state index >= 15 is 0 Å². The van der Waals surface area contributed by atoms with Crippen LogP contribution in [0.1, 0.15) is 12.1 Å². The summed E-state index contributed by atoms with van der Waals surface area (Å²) in [4.78, 5) is 12.1. The van der Waals surface area contributed by atoms with E-state index in [-0.39, 0.29) is 4.60 Å². The van der Waals surface area contributed by atoms with Crippen molar-refractivity contribution in [3.05, 3.63) is 26.6 Å². The van der Waals surface area contributed by atoms with Crippen molar-refractivity contribution in [3.8, 4) is 0 Å². The highest BCUT2D eigenvalue weighted by Crippen LogP contribution is 2.25. The third-order valence-electron chi connectivity index (χ3n) is 1.44. The molecule has 0 saturated heterocycles. The van der Waals surface area contributed by atoms with Gasteiger partial charge in [-0.15, -0.1) is 0 Å². The second kappa shape index (κ2) is 4.18. The molecule has 1 rings (SSSR count). The minimum atomic E-state index is -4.50. The van der Waals surface area contributed by atoms with Crippen LogP contribution in [0.3, 0.4) is 0 Å². The molecule has 0 unspecified atom stereocenters. The lowest BCUT2D eigenvalue weighted by Crippen LogP contribution is -2.16. The number of alkyl halides is 2. The van der Waals surface area contributed by atoms with Gasteiger partial charge in [-0.1, -0.05) is 0 Å². The Hall–Kier alpha value is -0.470. The molecule has 0 spiro atoms. The summed E-state index contributed by atoms with van der Waals surface area (Å²) in [6.07, 6.45) is -3.14. The number of H-pyrrole nitrogens is 1. The molecule has 1 aromatic rings. The van der Waals surface area contributed by atoms with E-state index in [2.05, 4.69) is 15.9 Å². The molecule has 0 aliphatic carbocycles. The van der Waals surface area contributed by atoms with Crippen LogP contribution in [-0.2, 0) is 9.05 Å². The normalized spacial score (nSPS) is 12.1. The maximum atomic E-state index is 12.4. The van der Waals surface area contributed by atoms with Crippen LogP contribution >= 0.6 is 26.6 Å². The standard InChI is InChI=1S/C6H3BrClF2NO3S/c7-3-1-2(12)5(15(8,13)14)4(11-3)6(9)10/h1,6H,(H,11,12). The molecule has 0 fully saturated rings. The molecule has 15 heavy (non-hydrogen) atoms. The molecular weight excluding hydrogens is 319 g/mol. The number of halogens is 4. The summed E-state index contributed by atoms with van der Waals surface area (Å²) >= 11 is 2.76. The summed E-state index contributed by atoms with van der Waals surface area (Å²) in [6, 6.07) is 0.807. The van der Waals surface area contributed by atoms with Gasteiger partial charge in [-0.3, -0.25) is 4.79 Å². The minimum absolute atomic E-state index is 0.0492. The SMILES string of the molecule is O=c1cc(Br)[nH]c(C(F)F)c1S(=O)(=O)Cl. The average Bonchev–Trinajstić information content (AvgIpc) is 1.99. The van der Waals surface area contributed by atoms with Gasteiger partial charge < -0.3 is 4.98 Å². The van der Waals surface area contributed by atoms with Crippen LogP contribution < -0.4 is 5.43 Å². The maximum Gasteiger partial charge on any atom is 0.279 e. The Morgan fingerprint density at radius 2 is 2.00 bits per heavy atom. The third kappa shape index (κ3) is 2.76. The van der Waals surface area contributed by atoms with Crippen LogP contribution in [0.5, 0.6) is 0 Å². The van der Waals surface area contributed by atoms with Crippen LogP contribution in [0, 0.1) is 0 Å². The molecule has 0 atom stereocenters. The Bertz CT molecular complexity index is 542. The summed E-state index contributed by atoms with van der Waals surface area (Å²) in [5.41, 5.74) is -2.12. The number of pyridine rings is 1. The molecule has 0 aliphatic heterocycles. The van der Waals surface area contributed by atoms with Crippen molar-refractivity contribution < 1.29 is 17.2 Å². The first-order valence-electron chi connectivity index (χ1n) is 3.39. The minimum Gasteiger partial charge on any atom is -0.347 e. The quantitative estimate of drug-likeness (QED) is 0.669. The highest BCUT2D eigenvalue weighted by molar-refractivity contribution is 9.10. The third-order valence-corrected chi connectivity index (χ3v) is 3.24. The van der Waals surface area contributed by atoms with Gasteiger partial charge in [0.1, 0.15) is 5.69 Å². The monoisotopic (exact) mass is 321 g/mol. The van der Waals surface area contributed by atoms with Crippen molar-refractivity contribution in [2.24, 2.45) is 0 Å². The number of hydrogen-bond acceptors (Lipinski definition) is 3. The van der Waals surface area contributed by atoms with Crippen molar-refractivity contribution >= 4 is 35.7 Å². The van der Waals surface area contributed by atoms with Crippen molar-refractivity contribution in [2.75, 3.05) is 0 Å². The molecule has 1 aromatic heterocycles. The topological polar surface area (TPSA) is 67.0 Å². The molecular formula is C6H3BrClF2NO3S. The summed E-state index contributed by atoms with van der Waals surface area (Å²) in [6.45, 7) is 0. The van der Waals surface area contributed by atoms with Crippen LogP contribution in [0.2, 0.25) is 0 Å². The molecule has 0 amide bonds. The van der Waals surface area contributed by atoms with E-state index < -0.39 is 31.5 Å². The zero-order valence-corrected chi connectivity index (χ0v) is 9.96. The van der Waals surface area contributed by atoms with Gasteiger partial charge in [0.2, 0.25) is 5.43 Å². The first-order valence-corrected chi connectivity index (χ1v) is 6.49. The Balaban J connectivity index is 3.71. The molecule has 9 heteroatoms. The van der Waals surface area contributed by atoms with E-state index in [0.29, 0.717) is 0 Å². The van der Waals surface area contributed by atoms with Crippen LogP contribution in [-0.4, -0.2) is 13.4 Å². The van der Waals surface area contributed by atoms with E-state index in [1.54, 1.807) is 0 Å². The van der Waals surface area contributed by atoms with E-state index in [4.69, 9.17) is 10.7 Å². The highest BCUT2D eigenvalue weighted by atomic mass is 79.9. The van der Waals surface area contributed by atoms with Crippen molar-refractivity contribution in [1.29, 1.82) is 0 Å². The Kier molecular flexibility index (Phi) is 3.51. The lowest BCUT2D eigenvalue weighted by Gasteiger charge is -2.05. The first-order chi connectivity index (χ1) is 6.73. The number of nitrogens with one attached hydrogen (secondary N) is 1. The van der Waals surface area contributed by atoms with Crippen LogP contribution in [0.15, 0.2) is 20.4 Å². The molecule has 4 nitrogen and oxygen atoms in total. The molecule has 0 aromatic carbocycles. The molecule has 1 N–H and O–H groups in total. The van der Waals surface area contributed by atoms with Gasteiger partial charge in [0.15, 0.2) is 4.90 Å². The van der Waals surface area contributed by atoms with Gasteiger partial charge >= 0.3 is 0 Å². The predicted octanol–water partition coefficient (Wildman–Crippen LogP) is 2.00. The van der Waals surface area contributed by atoms with Gasteiger partial charge in [0.05, 0.1) is 4.60 Å². The predicted molar refractivity (Wildman–Crippen MR) is 52.8 cm³/mol. The first kappa shape index (κ1) is 12.6. The van der Waals surface area contributed by atoms with Gasteiger partial charge in [0, 0.05) is 16.7 Å². The Morgan fingerprint density at radius 1 is 1.47 bits per heavy atom. The summed E-state index contributed by atoms with van der Waals surface area (Å²) in [5.74, 6) is 0. The summed E-state index contributed by atoms with van der Waals surface area (Å²) < 4.78 is 46.5. The molecule has 0 radical (unpaired) electrons. The van der Waals surface area contributed by atoms with Gasteiger partial charge in [-0.25, -0.2) is 17.2 Å². The van der Waals surface area contributed by atoms with Gasteiger partial charge in [-0.05, 0) is 15.9 Å². The lowest BCUT2D eigenvalue weighted by atomic mass is 10.3. The number of rotatable bonds is 2. The number of aromatic nitrogens is 1. The largest absolute Gasteiger partial charge is 0.347 e.